The first-order chi connectivity index (χ1) is 8.97. The van der Waals surface area contributed by atoms with Gasteiger partial charge >= 0.3 is 0 Å². The van der Waals surface area contributed by atoms with Crippen molar-refractivity contribution in [3.8, 4) is 11.5 Å². The standard InChI is InChI=1S/C14H12BrFN2O/c1-8-2-5-13(10(6-8)14(17)18)19-9-3-4-11(15)12(16)7-9/h2-7H,1H3,(H3,17,18). The van der Waals surface area contributed by atoms with E-state index in [-0.39, 0.29) is 5.84 Å². The van der Waals surface area contributed by atoms with Gasteiger partial charge < -0.3 is 10.5 Å². The van der Waals surface area contributed by atoms with Crippen LogP contribution in [-0.4, -0.2) is 5.84 Å². The predicted octanol–water partition coefficient (Wildman–Crippen LogP) is 3.97. The molecule has 5 heteroatoms. The number of aryl methyl sites for hydroxylation is 1. The maximum atomic E-state index is 13.4. The Morgan fingerprint density at radius 2 is 2.00 bits per heavy atom. The minimum atomic E-state index is -0.408. The Hall–Kier alpha value is -1.88. The number of hydrogen-bond donors (Lipinski definition) is 2. The summed E-state index contributed by atoms with van der Waals surface area (Å²) in [6, 6.07) is 9.78. The van der Waals surface area contributed by atoms with Crippen LogP contribution in [0.25, 0.3) is 0 Å². The molecule has 0 aliphatic rings. The van der Waals surface area contributed by atoms with Gasteiger partial charge in [-0.1, -0.05) is 11.6 Å². The van der Waals surface area contributed by atoms with Crippen LogP contribution in [0.1, 0.15) is 11.1 Å². The van der Waals surface area contributed by atoms with E-state index in [0.717, 1.165) is 5.56 Å². The lowest BCUT2D eigenvalue weighted by molar-refractivity contribution is 0.475. The molecule has 98 valence electrons. The summed E-state index contributed by atoms with van der Waals surface area (Å²) in [5.41, 5.74) is 6.97. The Morgan fingerprint density at radius 1 is 1.26 bits per heavy atom. The number of benzene rings is 2. The van der Waals surface area contributed by atoms with E-state index in [1.165, 1.54) is 6.07 Å². The van der Waals surface area contributed by atoms with E-state index >= 15 is 0 Å². The molecule has 0 fully saturated rings. The van der Waals surface area contributed by atoms with Gasteiger partial charge in [0.15, 0.2) is 0 Å². The molecule has 0 saturated heterocycles. The highest BCUT2D eigenvalue weighted by molar-refractivity contribution is 9.10. The third kappa shape index (κ3) is 3.12. The van der Waals surface area contributed by atoms with Crippen LogP contribution < -0.4 is 10.5 Å². The SMILES string of the molecule is Cc1ccc(Oc2ccc(Br)c(F)c2)c(C(=N)N)c1. The van der Waals surface area contributed by atoms with Crippen molar-refractivity contribution in [2.75, 3.05) is 0 Å². The summed E-state index contributed by atoms with van der Waals surface area (Å²) in [7, 11) is 0. The minimum Gasteiger partial charge on any atom is -0.456 e. The van der Waals surface area contributed by atoms with Crippen molar-refractivity contribution in [2.24, 2.45) is 5.73 Å². The van der Waals surface area contributed by atoms with Crippen LogP contribution in [-0.2, 0) is 0 Å². The highest BCUT2D eigenvalue weighted by Crippen LogP contribution is 2.28. The Labute approximate surface area is 118 Å². The fraction of sp³-hybridized carbons (Fsp3) is 0.0714. The zero-order valence-electron chi connectivity index (χ0n) is 10.2. The van der Waals surface area contributed by atoms with Crippen molar-refractivity contribution in [3.63, 3.8) is 0 Å². The maximum Gasteiger partial charge on any atom is 0.141 e. The first kappa shape index (κ1) is 13.5. The molecule has 0 bridgehead atoms. The molecule has 0 aromatic heterocycles. The van der Waals surface area contributed by atoms with Crippen molar-refractivity contribution in [2.45, 2.75) is 6.92 Å². The molecule has 0 unspecified atom stereocenters. The molecule has 0 radical (unpaired) electrons. The molecule has 0 atom stereocenters. The van der Waals surface area contributed by atoms with E-state index in [1.807, 2.05) is 13.0 Å². The topological polar surface area (TPSA) is 59.1 Å². The normalized spacial score (nSPS) is 10.3. The molecular formula is C14H12BrFN2O. The lowest BCUT2D eigenvalue weighted by Gasteiger charge is -2.11. The van der Waals surface area contributed by atoms with Gasteiger partial charge in [0.2, 0.25) is 0 Å². The zero-order chi connectivity index (χ0) is 14.0. The third-order valence-corrected chi connectivity index (χ3v) is 3.19. The predicted molar refractivity (Wildman–Crippen MR) is 76.4 cm³/mol. The molecule has 0 aliphatic carbocycles. The molecule has 19 heavy (non-hydrogen) atoms. The minimum absolute atomic E-state index is 0.0868. The number of ether oxygens (including phenoxy) is 1. The van der Waals surface area contributed by atoms with E-state index in [2.05, 4.69) is 15.9 Å². The summed E-state index contributed by atoms with van der Waals surface area (Å²) in [4.78, 5) is 0. The van der Waals surface area contributed by atoms with Crippen LogP contribution in [0.15, 0.2) is 40.9 Å². The van der Waals surface area contributed by atoms with Crippen molar-refractivity contribution in [1.82, 2.24) is 0 Å². The Bertz CT molecular complexity index is 643. The maximum absolute atomic E-state index is 13.4. The number of nitrogen functional groups attached to an aromatic ring is 1. The number of nitrogens with two attached hydrogens (primary N) is 1. The van der Waals surface area contributed by atoms with E-state index in [9.17, 15) is 4.39 Å². The van der Waals surface area contributed by atoms with E-state index in [4.69, 9.17) is 15.9 Å². The summed E-state index contributed by atoms with van der Waals surface area (Å²) in [6.45, 7) is 1.90. The summed E-state index contributed by atoms with van der Waals surface area (Å²) >= 11 is 3.08. The van der Waals surface area contributed by atoms with Gasteiger partial charge in [-0.05, 0) is 47.1 Å². The number of hydrogen-bond acceptors (Lipinski definition) is 2. The summed E-state index contributed by atoms with van der Waals surface area (Å²) < 4.78 is 19.4. The average Bonchev–Trinajstić information content (AvgIpc) is 2.36. The fourth-order valence-corrected chi connectivity index (χ4v) is 1.86. The number of halogens is 2. The van der Waals surface area contributed by atoms with Crippen LogP contribution in [0.4, 0.5) is 4.39 Å². The van der Waals surface area contributed by atoms with Crippen LogP contribution in [0.3, 0.4) is 0 Å². The van der Waals surface area contributed by atoms with Crippen LogP contribution in [0.5, 0.6) is 11.5 Å². The molecular weight excluding hydrogens is 311 g/mol. The molecule has 0 heterocycles. The molecule has 2 rings (SSSR count). The van der Waals surface area contributed by atoms with Crippen LogP contribution in [0, 0.1) is 18.2 Å². The quantitative estimate of drug-likeness (QED) is 0.663. The van der Waals surface area contributed by atoms with Gasteiger partial charge in [0.1, 0.15) is 23.2 Å². The van der Waals surface area contributed by atoms with E-state index < -0.39 is 5.82 Å². The highest BCUT2D eigenvalue weighted by Gasteiger charge is 2.09. The summed E-state index contributed by atoms with van der Waals surface area (Å²) in [5, 5.41) is 7.53. The lowest BCUT2D eigenvalue weighted by atomic mass is 10.1. The second kappa shape index (κ2) is 5.40. The Kier molecular flexibility index (Phi) is 3.85. The van der Waals surface area contributed by atoms with Crippen LogP contribution >= 0.6 is 15.9 Å². The number of nitrogens with one attached hydrogen (secondary N) is 1. The van der Waals surface area contributed by atoms with Crippen molar-refractivity contribution in [1.29, 1.82) is 5.41 Å². The van der Waals surface area contributed by atoms with Gasteiger partial charge in [-0.25, -0.2) is 4.39 Å². The highest BCUT2D eigenvalue weighted by atomic mass is 79.9. The van der Waals surface area contributed by atoms with E-state index in [1.54, 1.807) is 24.3 Å². The Balaban J connectivity index is 2.37. The van der Waals surface area contributed by atoms with Gasteiger partial charge in [-0.15, -0.1) is 0 Å². The molecule has 0 amide bonds. The number of rotatable bonds is 3. The summed E-state index contributed by atoms with van der Waals surface area (Å²) in [5.74, 6) is 0.289. The van der Waals surface area contributed by atoms with Gasteiger partial charge in [0.05, 0.1) is 10.0 Å². The second-order valence-electron chi connectivity index (χ2n) is 4.09. The van der Waals surface area contributed by atoms with Crippen molar-refractivity contribution in [3.05, 3.63) is 57.8 Å². The monoisotopic (exact) mass is 322 g/mol. The van der Waals surface area contributed by atoms with Gasteiger partial charge in [-0.2, -0.15) is 0 Å². The first-order valence-electron chi connectivity index (χ1n) is 5.55. The number of amidine groups is 1. The average molecular weight is 323 g/mol. The Morgan fingerprint density at radius 3 is 2.63 bits per heavy atom. The van der Waals surface area contributed by atoms with Crippen LogP contribution in [0.2, 0.25) is 0 Å². The van der Waals surface area contributed by atoms with Gasteiger partial charge in [-0.3, -0.25) is 5.41 Å². The molecule has 0 saturated carbocycles. The molecule has 0 aliphatic heterocycles. The largest absolute Gasteiger partial charge is 0.456 e. The first-order valence-corrected chi connectivity index (χ1v) is 6.34. The van der Waals surface area contributed by atoms with Crippen molar-refractivity contribution >= 4 is 21.8 Å². The molecule has 2 aromatic carbocycles. The van der Waals surface area contributed by atoms with Crippen molar-refractivity contribution < 1.29 is 9.13 Å². The summed E-state index contributed by atoms with van der Waals surface area (Å²) in [6.07, 6.45) is 0. The van der Waals surface area contributed by atoms with Gasteiger partial charge in [0.25, 0.3) is 0 Å². The zero-order valence-corrected chi connectivity index (χ0v) is 11.8. The molecule has 0 spiro atoms. The third-order valence-electron chi connectivity index (χ3n) is 2.54. The second-order valence-corrected chi connectivity index (χ2v) is 4.95. The lowest BCUT2D eigenvalue weighted by Crippen LogP contribution is -2.12. The van der Waals surface area contributed by atoms with E-state index in [0.29, 0.717) is 21.5 Å². The van der Waals surface area contributed by atoms with Gasteiger partial charge in [0, 0.05) is 6.07 Å². The molecule has 3 N–H and O–H groups in total. The molecule has 3 nitrogen and oxygen atoms in total. The fourth-order valence-electron chi connectivity index (χ4n) is 1.61. The smallest absolute Gasteiger partial charge is 0.141 e. The molecule has 2 aromatic rings.